The second kappa shape index (κ2) is 22.9. The fourth-order valence-corrected chi connectivity index (χ4v) is 5.60. The number of unbranched alkanes of at least 4 members (excludes halogenated alkanes) is 13. The maximum absolute atomic E-state index is 12.2. The lowest BCUT2D eigenvalue weighted by molar-refractivity contribution is -0.281. The molecule has 9 nitrogen and oxygen atoms in total. The number of nitrogens with one attached hydrogen (secondary N) is 1. The summed E-state index contributed by atoms with van der Waals surface area (Å²) in [6, 6.07) is 9.06. The molecule has 1 fully saturated rings. The zero-order chi connectivity index (χ0) is 32.0. The van der Waals surface area contributed by atoms with Crippen LogP contribution in [-0.4, -0.2) is 61.7 Å². The van der Waals surface area contributed by atoms with E-state index < -0.39 is 48.6 Å². The van der Waals surface area contributed by atoms with Crippen molar-refractivity contribution in [2.75, 3.05) is 13.2 Å². The molecule has 0 aromatic heterocycles. The van der Waals surface area contributed by atoms with Gasteiger partial charge in [0.25, 0.3) is 0 Å². The summed E-state index contributed by atoms with van der Waals surface area (Å²) in [5, 5.41) is 3.47. The lowest BCUT2D eigenvalue weighted by atomic mass is 9.95. The molecule has 1 aromatic carbocycles. The summed E-state index contributed by atoms with van der Waals surface area (Å²) < 4.78 is 29.0. The number of esters is 3. The summed E-state index contributed by atoms with van der Waals surface area (Å²) in [5.74, 6) is -1.58. The van der Waals surface area contributed by atoms with E-state index in [0.29, 0.717) is 6.54 Å². The summed E-state index contributed by atoms with van der Waals surface area (Å²) in [4.78, 5) is 35.8. The number of hydrogen-bond donors (Lipinski definition) is 1. The van der Waals surface area contributed by atoms with Crippen LogP contribution in [0.25, 0.3) is 0 Å². The average Bonchev–Trinajstić information content (AvgIpc) is 2.99. The van der Waals surface area contributed by atoms with Gasteiger partial charge in [-0.05, 0) is 18.5 Å². The van der Waals surface area contributed by atoms with Gasteiger partial charge in [0.05, 0.1) is 12.6 Å². The summed E-state index contributed by atoms with van der Waals surface area (Å²) in [6.07, 6.45) is 14.2. The van der Waals surface area contributed by atoms with Crippen molar-refractivity contribution < 1.29 is 38.1 Å². The fourth-order valence-electron chi connectivity index (χ4n) is 5.60. The highest BCUT2D eigenvalue weighted by atomic mass is 16.7. The van der Waals surface area contributed by atoms with Crippen LogP contribution < -0.4 is 5.32 Å². The van der Waals surface area contributed by atoms with Gasteiger partial charge in [-0.2, -0.15) is 0 Å². The minimum atomic E-state index is -0.985. The minimum Gasteiger partial charge on any atom is -0.463 e. The highest BCUT2D eigenvalue weighted by Gasteiger charge is 2.50. The lowest BCUT2D eigenvalue weighted by Crippen LogP contribution is -2.66. The fraction of sp³-hybridized carbons (Fsp3) is 0.743. The van der Waals surface area contributed by atoms with Gasteiger partial charge in [0, 0.05) is 20.8 Å². The van der Waals surface area contributed by atoms with Crippen molar-refractivity contribution in [3.63, 3.8) is 0 Å². The van der Waals surface area contributed by atoms with Gasteiger partial charge in [-0.25, -0.2) is 0 Å². The zero-order valence-corrected chi connectivity index (χ0v) is 27.6. The third-order valence-corrected chi connectivity index (χ3v) is 7.87. The van der Waals surface area contributed by atoms with Crippen molar-refractivity contribution in [3.8, 4) is 0 Å². The Bertz CT molecular complexity index is 927. The Morgan fingerprint density at radius 3 is 1.75 bits per heavy atom. The summed E-state index contributed by atoms with van der Waals surface area (Å²) in [6.45, 7) is 6.87. The minimum absolute atomic E-state index is 0.179. The molecule has 0 amide bonds. The highest BCUT2D eigenvalue weighted by molar-refractivity contribution is 5.68. The quantitative estimate of drug-likeness (QED) is 0.0804. The molecule has 1 aliphatic rings. The SMILES string of the molecule is CCCCCCCCCCCCCCCCN[C@H]1[C@H](OCc2ccccc2)O[C@H](COC(C)=O)[C@@H](OC(C)=O)[C@@H]1OC(C)=O. The second-order valence-corrected chi connectivity index (χ2v) is 11.9. The van der Waals surface area contributed by atoms with Crippen molar-refractivity contribution in [2.24, 2.45) is 0 Å². The Labute approximate surface area is 265 Å². The Kier molecular flexibility index (Phi) is 19.6. The Hall–Kier alpha value is -2.49. The smallest absolute Gasteiger partial charge is 0.303 e. The van der Waals surface area contributed by atoms with Crippen LogP contribution >= 0.6 is 0 Å². The predicted octanol–water partition coefficient (Wildman–Crippen LogP) is 6.79. The van der Waals surface area contributed by atoms with E-state index in [-0.39, 0.29) is 13.2 Å². The molecule has 0 saturated carbocycles. The topological polar surface area (TPSA) is 109 Å². The largest absolute Gasteiger partial charge is 0.463 e. The van der Waals surface area contributed by atoms with Gasteiger partial charge in [0.15, 0.2) is 18.5 Å². The average molecular weight is 620 g/mol. The Balaban J connectivity index is 1.91. The molecule has 1 aliphatic heterocycles. The first-order valence-electron chi connectivity index (χ1n) is 16.8. The first kappa shape index (κ1) is 37.7. The number of carbonyl (C=O) groups excluding carboxylic acids is 3. The normalized spacial score (nSPS) is 21.5. The first-order valence-corrected chi connectivity index (χ1v) is 16.8. The maximum atomic E-state index is 12.2. The molecule has 44 heavy (non-hydrogen) atoms. The van der Waals surface area contributed by atoms with Crippen LogP contribution in [0.1, 0.15) is 123 Å². The molecule has 1 N–H and O–H groups in total. The van der Waals surface area contributed by atoms with Crippen LogP contribution in [0.2, 0.25) is 0 Å². The lowest BCUT2D eigenvalue weighted by Gasteiger charge is -2.45. The number of benzene rings is 1. The van der Waals surface area contributed by atoms with E-state index >= 15 is 0 Å². The van der Waals surface area contributed by atoms with Gasteiger partial charge in [0.2, 0.25) is 0 Å². The number of rotatable bonds is 23. The molecule has 5 atom stereocenters. The van der Waals surface area contributed by atoms with Crippen LogP contribution in [-0.2, 0) is 44.7 Å². The summed E-state index contributed by atoms with van der Waals surface area (Å²) in [5.41, 5.74) is 0.949. The van der Waals surface area contributed by atoms with E-state index in [4.69, 9.17) is 23.7 Å². The molecule has 2 rings (SSSR count). The van der Waals surface area contributed by atoms with E-state index in [2.05, 4.69) is 12.2 Å². The van der Waals surface area contributed by atoms with Crippen LogP contribution in [0.3, 0.4) is 0 Å². The van der Waals surface area contributed by atoms with E-state index in [1.54, 1.807) is 0 Å². The van der Waals surface area contributed by atoms with Crippen LogP contribution in [0.15, 0.2) is 30.3 Å². The second-order valence-electron chi connectivity index (χ2n) is 11.9. The van der Waals surface area contributed by atoms with Crippen molar-refractivity contribution in [3.05, 3.63) is 35.9 Å². The van der Waals surface area contributed by atoms with Crippen molar-refractivity contribution in [1.29, 1.82) is 0 Å². The molecule has 0 radical (unpaired) electrons. The van der Waals surface area contributed by atoms with Crippen molar-refractivity contribution in [1.82, 2.24) is 5.32 Å². The molecular formula is C35H57NO8. The van der Waals surface area contributed by atoms with Crippen LogP contribution in [0.4, 0.5) is 0 Å². The molecule has 0 bridgehead atoms. The number of ether oxygens (including phenoxy) is 5. The Morgan fingerprint density at radius 1 is 0.705 bits per heavy atom. The molecule has 0 spiro atoms. The third-order valence-electron chi connectivity index (χ3n) is 7.87. The Morgan fingerprint density at radius 2 is 1.23 bits per heavy atom. The molecule has 1 saturated heterocycles. The highest BCUT2D eigenvalue weighted by Crippen LogP contribution is 2.28. The molecule has 1 aromatic rings. The zero-order valence-electron chi connectivity index (χ0n) is 27.6. The molecule has 0 aliphatic carbocycles. The number of carbonyl (C=O) groups is 3. The van der Waals surface area contributed by atoms with E-state index in [1.165, 1.54) is 97.8 Å². The van der Waals surface area contributed by atoms with Gasteiger partial charge in [0.1, 0.15) is 12.7 Å². The molecule has 250 valence electrons. The molecule has 9 heteroatoms. The summed E-state index contributed by atoms with van der Waals surface area (Å²) in [7, 11) is 0. The monoisotopic (exact) mass is 619 g/mol. The standard InChI is InChI=1S/C35H57NO8/c1-5-6-7-8-9-10-11-12-13-14-15-16-17-21-24-36-32-34(43-29(4)39)33(42-28(3)38)31(26-40-27(2)37)44-35(32)41-25-30-22-19-18-20-23-30/h18-20,22-23,31-36H,5-17,21,24-26H2,1-4H3/t31-,32-,33-,34-,35-/m1/s1. The molecule has 0 unspecified atom stereocenters. The van der Waals surface area contributed by atoms with Crippen molar-refractivity contribution >= 4 is 17.9 Å². The third kappa shape index (κ3) is 16.0. The van der Waals surface area contributed by atoms with Gasteiger partial charge in [-0.15, -0.1) is 0 Å². The van der Waals surface area contributed by atoms with Crippen molar-refractivity contribution in [2.45, 2.75) is 155 Å². The van der Waals surface area contributed by atoms with Crippen LogP contribution in [0, 0.1) is 0 Å². The maximum Gasteiger partial charge on any atom is 0.303 e. The molecule has 1 heterocycles. The predicted molar refractivity (Wildman–Crippen MR) is 170 cm³/mol. The van der Waals surface area contributed by atoms with E-state index in [9.17, 15) is 14.4 Å². The first-order chi connectivity index (χ1) is 21.3. The van der Waals surface area contributed by atoms with Gasteiger partial charge >= 0.3 is 17.9 Å². The van der Waals surface area contributed by atoms with Gasteiger partial charge < -0.3 is 29.0 Å². The number of hydrogen-bond acceptors (Lipinski definition) is 9. The van der Waals surface area contributed by atoms with E-state index in [1.807, 2.05) is 30.3 Å². The van der Waals surface area contributed by atoms with Gasteiger partial charge in [-0.3, -0.25) is 14.4 Å². The van der Waals surface area contributed by atoms with Crippen LogP contribution in [0.5, 0.6) is 0 Å². The molecular weight excluding hydrogens is 562 g/mol. The summed E-state index contributed by atoms with van der Waals surface area (Å²) >= 11 is 0. The van der Waals surface area contributed by atoms with Gasteiger partial charge in [-0.1, -0.05) is 121 Å². The van der Waals surface area contributed by atoms with E-state index in [0.717, 1.165) is 18.4 Å².